The fourth-order valence-corrected chi connectivity index (χ4v) is 2.77. The molecule has 3 rings (SSSR count). The Morgan fingerprint density at radius 3 is 3.00 bits per heavy atom. The van der Waals surface area contributed by atoms with Gasteiger partial charge in [-0.15, -0.1) is 0 Å². The van der Waals surface area contributed by atoms with Crippen molar-refractivity contribution in [3.05, 3.63) is 59.7 Å². The van der Waals surface area contributed by atoms with E-state index in [2.05, 4.69) is 39.6 Å². The van der Waals surface area contributed by atoms with Gasteiger partial charge in [0.1, 0.15) is 11.9 Å². The van der Waals surface area contributed by atoms with Crippen LogP contribution in [0, 0.1) is 0 Å². The summed E-state index contributed by atoms with van der Waals surface area (Å²) in [5, 5.41) is 3.23. The Balaban J connectivity index is 2.17. The van der Waals surface area contributed by atoms with E-state index in [1.165, 1.54) is 11.1 Å². The Hall–Kier alpha value is -1.78. The summed E-state index contributed by atoms with van der Waals surface area (Å²) in [6, 6.07) is 10.4. The molecule has 0 fully saturated rings. The highest BCUT2D eigenvalue weighted by atomic mass is 16.5. The molecule has 0 radical (unpaired) electrons. The molecule has 2 heterocycles. The van der Waals surface area contributed by atoms with Gasteiger partial charge in [-0.1, -0.05) is 24.3 Å². The highest BCUT2D eigenvalue weighted by molar-refractivity contribution is 5.40. The van der Waals surface area contributed by atoms with Gasteiger partial charge >= 0.3 is 0 Å². The molecule has 0 amide bonds. The van der Waals surface area contributed by atoms with Crippen LogP contribution in [0.4, 0.5) is 0 Å². The molecule has 0 spiro atoms. The first-order valence-electron chi connectivity index (χ1n) is 6.50. The average molecular weight is 255 g/mol. The van der Waals surface area contributed by atoms with Crippen molar-refractivity contribution in [2.45, 2.75) is 12.0 Å². The fraction of sp³-hybridized carbons (Fsp3) is 0.333. The van der Waals surface area contributed by atoms with Gasteiger partial charge in [-0.2, -0.15) is 0 Å². The summed E-state index contributed by atoms with van der Waals surface area (Å²) in [4.78, 5) is 8.42. The second-order valence-corrected chi connectivity index (χ2v) is 4.71. The van der Waals surface area contributed by atoms with E-state index >= 15 is 0 Å². The first kappa shape index (κ1) is 12.3. The molecule has 2 aromatic rings. The summed E-state index contributed by atoms with van der Waals surface area (Å²) in [5.41, 5.74) is 2.94. The van der Waals surface area contributed by atoms with Gasteiger partial charge in [0.15, 0.2) is 0 Å². The van der Waals surface area contributed by atoms with Gasteiger partial charge in [0.25, 0.3) is 0 Å². The van der Waals surface area contributed by atoms with Crippen LogP contribution in [-0.2, 0) is 16.8 Å². The number of benzene rings is 1. The quantitative estimate of drug-likeness (QED) is 0.903. The van der Waals surface area contributed by atoms with Gasteiger partial charge in [0.2, 0.25) is 0 Å². The molecule has 0 bridgehead atoms. The Bertz CT molecular complexity index is 558. The fourth-order valence-electron chi connectivity index (χ4n) is 2.77. The van der Waals surface area contributed by atoms with Crippen molar-refractivity contribution >= 4 is 0 Å². The number of fused-ring (bicyclic) bond motifs is 1. The lowest BCUT2D eigenvalue weighted by Gasteiger charge is -2.38. The van der Waals surface area contributed by atoms with E-state index in [1.807, 2.05) is 13.1 Å². The number of nitrogens with zero attached hydrogens (tertiary/aromatic N) is 2. The smallest absolute Gasteiger partial charge is 0.148 e. The maximum Gasteiger partial charge on any atom is 0.148 e. The van der Waals surface area contributed by atoms with Gasteiger partial charge in [0, 0.05) is 12.7 Å². The first-order chi connectivity index (χ1) is 9.37. The molecule has 1 aliphatic rings. The third-order valence-electron chi connectivity index (χ3n) is 3.59. The molecule has 1 aromatic carbocycles. The SMILES string of the molecule is CNC[C@@]1(c2ccncn2)OCCc2ccccc21. The molecule has 0 saturated carbocycles. The lowest BCUT2D eigenvalue weighted by atomic mass is 9.83. The monoisotopic (exact) mass is 255 g/mol. The number of nitrogens with one attached hydrogen (secondary N) is 1. The molecule has 19 heavy (non-hydrogen) atoms. The van der Waals surface area contributed by atoms with E-state index in [0.717, 1.165) is 12.1 Å². The van der Waals surface area contributed by atoms with Crippen molar-refractivity contribution in [1.82, 2.24) is 15.3 Å². The highest BCUT2D eigenvalue weighted by Crippen LogP contribution is 2.37. The Labute approximate surface area is 112 Å². The standard InChI is InChI=1S/C15H17N3O/c1-16-10-15(14-6-8-17-11-18-14)13-5-3-2-4-12(13)7-9-19-15/h2-6,8,11,16H,7,9-10H2,1H3/t15-/m1/s1. The van der Waals surface area contributed by atoms with E-state index in [4.69, 9.17) is 4.74 Å². The summed E-state index contributed by atoms with van der Waals surface area (Å²) in [6.45, 7) is 1.41. The van der Waals surface area contributed by atoms with Crippen LogP contribution in [0.5, 0.6) is 0 Å². The summed E-state index contributed by atoms with van der Waals surface area (Å²) in [7, 11) is 1.93. The van der Waals surface area contributed by atoms with Crippen molar-refractivity contribution in [3.8, 4) is 0 Å². The van der Waals surface area contributed by atoms with Crippen LogP contribution in [0.3, 0.4) is 0 Å². The molecule has 0 unspecified atom stereocenters. The van der Waals surface area contributed by atoms with Crippen LogP contribution in [0.15, 0.2) is 42.9 Å². The number of rotatable bonds is 3. The summed E-state index contributed by atoms with van der Waals surface area (Å²) >= 11 is 0. The van der Waals surface area contributed by atoms with Crippen molar-refractivity contribution in [2.75, 3.05) is 20.2 Å². The van der Waals surface area contributed by atoms with Crippen LogP contribution < -0.4 is 5.32 Å². The molecular formula is C15H17N3O. The zero-order valence-electron chi connectivity index (χ0n) is 11.0. The zero-order chi connectivity index (χ0) is 13.1. The van der Waals surface area contributed by atoms with Gasteiger partial charge in [0.05, 0.1) is 12.3 Å². The van der Waals surface area contributed by atoms with E-state index in [1.54, 1.807) is 12.5 Å². The normalized spacial score (nSPS) is 21.9. The minimum absolute atomic E-state index is 0.507. The number of hydrogen-bond acceptors (Lipinski definition) is 4. The maximum absolute atomic E-state index is 6.17. The van der Waals surface area contributed by atoms with Crippen molar-refractivity contribution in [2.24, 2.45) is 0 Å². The minimum atomic E-state index is -0.507. The largest absolute Gasteiger partial charge is 0.362 e. The second kappa shape index (κ2) is 5.07. The van der Waals surface area contributed by atoms with Crippen molar-refractivity contribution < 1.29 is 4.74 Å². The highest BCUT2D eigenvalue weighted by Gasteiger charge is 2.40. The molecule has 1 aromatic heterocycles. The van der Waals surface area contributed by atoms with E-state index in [-0.39, 0.29) is 0 Å². The Morgan fingerprint density at radius 2 is 2.21 bits per heavy atom. The number of likely N-dealkylation sites (N-methyl/N-ethyl adjacent to an activating group) is 1. The van der Waals surface area contributed by atoms with Crippen molar-refractivity contribution in [3.63, 3.8) is 0 Å². The number of aromatic nitrogens is 2. The van der Waals surface area contributed by atoms with Crippen LogP contribution in [0.2, 0.25) is 0 Å². The van der Waals surface area contributed by atoms with E-state index in [9.17, 15) is 0 Å². The molecule has 1 atom stereocenters. The molecule has 4 nitrogen and oxygen atoms in total. The van der Waals surface area contributed by atoms with Crippen LogP contribution in [-0.4, -0.2) is 30.2 Å². The molecular weight excluding hydrogens is 238 g/mol. The van der Waals surface area contributed by atoms with Crippen LogP contribution in [0.25, 0.3) is 0 Å². The summed E-state index contributed by atoms with van der Waals surface area (Å²) < 4.78 is 6.17. The molecule has 98 valence electrons. The van der Waals surface area contributed by atoms with E-state index in [0.29, 0.717) is 13.2 Å². The first-order valence-corrected chi connectivity index (χ1v) is 6.50. The van der Waals surface area contributed by atoms with Gasteiger partial charge < -0.3 is 10.1 Å². The third-order valence-corrected chi connectivity index (χ3v) is 3.59. The molecule has 1 N–H and O–H groups in total. The van der Waals surface area contributed by atoms with E-state index < -0.39 is 5.60 Å². The Kier molecular flexibility index (Phi) is 3.27. The van der Waals surface area contributed by atoms with Crippen LogP contribution in [0.1, 0.15) is 16.8 Å². The third kappa shape index (κ3) is 2.03. The maximum atomic E-state index is 6.17. The molecule has 0 saturated heterocycles. The zero-order valence-corrected chi connectivity index (χ0v) is 11.0. The van der Waals surface area contributed by atoms with Gasteiger partial charge in [-0.3, -0.25) is 0 Å². The van der Waals surface area contributed by atoms with Crippen LogP contribution >= 0.6 is 0 Å². The average Bonchev–Trinajstić information content (AvgIpc) is 2.49. The van der Waals surface area contributed by atoms with Gasteiger partial charge in [-0.25, -0.2) is 9.97 Å². The lowest BCUT2D eigenvalue weighted by Crippen LogP contribution is -2.44. The topological polar surface area (TPSA) is 47.0 Å². The summed E-state index contributed by atoms with van der Waals surface area (Å²) in [6.07, 6.45) is 4.29. The van der Waals surface area contributed by atoms with Gasteiger partial charge in [-0.05, 0) is 30.7 Å². The molecule has 4 heteroatoms. The Morgan fingerprint density at radius 1 is 1.32 bits per heavy atom. The predicted octanol–water partition coefficient (Wildman–Crippen LogP) is 1.51. The summed E-state index contributed by atoms with van der Waals surface area (Å²) in [5.74, 6) is 0. The molecule has 0 aliphatic carbocycles. The predicted molar refractivity (Wildman–Crippen MR) is 72.8 cm³/mol. The lowest BCUT2D eigenvalue weighted by molar-refractivity contribution is -0.0294. The number of ether oxygens (including phenoxy) is 1. The second-order valence-electron chi connectivity index (χ2n) is 4.71. The molecule has 1 aliphatic heterocycles. The van der Waals surface area contributed by atoms with Crippen molar-refractivity contribution in [1.29, 1.82) is 0 Å². The number of hydrogen-bond donors (Lipinski definition) is 1. The minimum Gasteiger partial charge on any atom is -0.362 e.